The van der Waals surface area contributed by atoms with Gasteiger partial charge in [-0.15, -0.1) is 0 Å². The molecule has 0 aliphatic heterocycles. The van der Waals surface area contributed by atoms with Crippen LogP contribution in [0, 0.1) is 0 Å². The molecule has 0 spiro atoms. The SMILES string of the molecule is Nc1cc(N)nc(Sc2nc(N)nc(-n3cccn3)n2)n1. The molecule has 0 aromatic carbocycles. The van der Waals surface area contributed by atoms with Gasteiger partial charge in [0.15, 0.2) is 5.16 Å². The van der Waals surface area contributed by atoms with Crippen LogP contribution >= 0.6 is 11.8 Å². The highest BCUT2D eigenvalue weighted by Gasteiger charge is 2.10. The molecule has 3 aromatic rings. The van der Waals surface area contributed by atoms with Gasteiger partial charge in [0, 0.05) is 18.5 Å². The summed E-state index contributed by atoms with van der Waals surface area (Å²) in [5, 5.41) is 4.67. The van der Waals surface area contributed by atoms with Crippen molar-refractivity contribution in [2.45, 2.75) is 10.3 Å². The summed E-state index contributed by atoms with van der Waals surface area (Å²) in [6.45, 7) is 0. The van der Waals surface area contributed by atoms with E-state index in [2.05, 4.69) is 30.0 Å². The third-order valence-corrected chi connectivity index (χ3v) is 2.99. The molecule has 21 heavy (non-hydrogen) atoms. The first kappa shape index (κ1) is 13.1. The first-order valence-electron chi connectivity index (χ1n) is 5.69. The molecule has 6 N–H and O–H groups in total. The molecular weight excluding hydrogens is 292 g/mol. The van der Waals surface area contributed by atoms with Crippen molar-refractivity contribution < 1.29 is 0 Å². The number of nitrogens with two attached hydrogens (primary N) is 3. The van der Waals surface area contributed by atoms with Gasteiger partial charge in [-0.25, -0.2) is 14.6 Å². The van der Waals surface area contributed by atoms with E-state index in [0.717, 1.165) is 11.8 Å². The van der Waals surface area contributed by atoms with Crippen LogP contribution in [0.4, 0.5) is 17.6 Å². The molecule has 3 aromatic heterocycles. The monoisotopic (exact) mass is 302 g/mol. The van der Waals surface area contributed by atoms with Gasteiger partial charge in [0.2, 0.25) is 11.1 Å². The molecule has 0 unspecified atom stereocenters. The van der Waals surface area contributed by atoms with Crippen LogP contribution in [-0.4, -0.2) is 34.7 Å². The third kappa shape index (κ3) is 2.97. The predicted octanol–water partition coefficient (Wildman–Crippen LogP) is -0.255. The van der Waals surface area contributed by atoms with E-state index in [-0.39, 0.29) is 17.6 Å². The first-order chi connectivity index (χ1) is 10.1. The summed E-state index contributed by atoms with van der Waals surface area (Å²) < 4.78 is 1.47. The molecule has 0 aliphatic rings. The van der Waals surface area contributed by atoms with Crippen LogP contribution in [0.1, 0.15) is 0 Å². The maximum Gasteiger partial charge on any atom is 0.256 e. The molecule has 106 valence electrons. The van der Waals surface area contributed by atoms with Gasteiger partial charge in [-0.1, -0.05) is 0 Å². The molecule has 11 heteroatoms. The molecule has 0 saturated carbocycles. The highest BCUT2D eigenvalue weighted by molar-refractivity contribution is 7.99. The molecule has 0 bridgehead atoms. The lowest BCUT2D eigenvalue weighted by Gasteiger charge is -2.04. The minimum Gasteiger partial charge on any atom is -0.383 e. The Morgan fingerprint density at radius 2 is 1.62 bits per heavy atom. The van der Waals surface area contributed by atoms with Crippen LogP contribution in [0.3, 0.4) is 0 Å². The fraction of sp³-hybridized carbons (Fsp3) is 0. The Balaban J connectivity index is 1.95. The summed E-state index contributed by atoms with van der Waals surface area (Å²) >= 11 is 1.08. The quantitative estimate of drug-likeness (QED) is 0.550. The van der Waals surface area contributed by atoms with Crippen LogP contribution in [0.15, 0.2) is 34.8 Å². The fourth-order valence-corrected chi connectivity index (χ4v) is 2.22. The van der Waals surface area contributed by atoms with Crippen LogP contribution in [0.25, 0.3) is 5.95 Å². The Kier molecular flexibility index (Phi) is 3.23. The first-order valence-corrected chi connectivity index (χ1v) is 6.51. The number of nitrogen functional groups attached to an aromatic ring is 3. The lowest BCUT2D eigenvalue weighted by atomic mass is 10.5. The molecule has 0 aliphatic carbocycles. The Hall–Kier alpha value is -2.95. The molecule has 0 amide bonds. The second kappa shape index (κ2) is 5.20. The predicted molar refractivity (Wildman–Crippen MR) is 76.3 cm³/mol. The van der Waals surface area contributed by atoms with Crippen LogP contribution in [0.2, 0.25) is 0 Å². The van der Waals surface area contributed by atoms with Crippen molar-refractivity contribution in [2.75, 3.05) is 17.2 Å². The Morgan fingerprint density at radius 1 is 0.905 bits per heavy atom. The minimum absolute atomic E-state index is 0.0647. The fourth-order valence-electron chi connectivity index (χ4n) is 1.49. The van der Waals surface area contributed by atoms with Gasteiger partial charge >= 0.3 is 0 Å². The van der Waals surface area contributed by atoms with Crippen LogP contribution in [0.5, 0.6) is 0 Å². The van der Waals surface area contributed by atoms with Crippen molar-refractivity contribution in [3.63, 3.8) is 0 Å². The topological polar surface area (TPSA) is 160 Å². The summed E-state index contributed by atoms with van der Waals surface area (Å²) in [7, 11) is 0. The molecule has 3 rings (SSSR count). The highest BCUT2D eigenvalue weighted by atomic mass is 32.2. The van der Waals surface area contributed by atoms with Crippen molar-refractivity contribution in [3.8, 4) is 5.95 Å². The van der Waals surface area contributed by atoms with E-state index in [1.807, 2.05) is 0 Å². The normalized spacial score (nSPS) is 10.7. The van der Waals surface area contributed by atoms with Crippen molar-refractivity contribution >= 4 is 29.3 Å². The summed E-state index contributed by atoms with van der Waals surface area (Å²) in [6.07, 6.45) is 3.30. The number of hydrogen-bond acceptors (Lipinski definition) is 10. The standard InChI is InChI=1S/C10H10N10S/c11-5-4-6(12)16-9(15-5)21-10-18-7(13)17-8(19-10)20-3-1-2-14-20/h1-4H,(H4,11,12,15,16)(H2,13,17,18,19). The molecular formula is C10H10N10S. The zero-order chi connectivity index (χ0) is 14.8. The second-order valence-electron chi connectivity index (χ2n) is 3.83. The van der Waals surface area contributed by atoms with E-state index in [4.69, 9.17) is 17.2 Å². The smallest absolute Gasteiger partial charge is 0.256 e. The number of nitrogens with zero attached hydrogens (tertiary/aromatic N) is 7. The summed E-state index contributed by atoms with van der Waals surface area (Å²) in [4.78, 5) is 20.3. The van der Waals surface area contributed by atoms with Gasteiger partial charge < -0.3 is 17.2 Å². The Labute approximate surface area is 122 Å². The van der Waals surface area contributed by atoms with Crippen LogP contribution < -0.4 is 17.2 Å². The zero-order valence-electron chi connectivity index (χ0n) is 10.6. The molecule has 0 saturated heterocycles. The van der Waals surface area contributed by atoms with E-state index in [9.17, 15) is 0 Å². The highest BCUT2D eigenvalue weighted by Crippen LogP contribution is 2.23. The lowest BCUT2D eigenvalue weighted by Crippen LogP contribution is -2.08. The summed E-state index contributed by atoms with van der Waals surface area (Å²) in [5.41, 5.74) is 16.9. The zero-order valence-corrected chi connectivity index (χ0v) is 11.4. The van der Waals surface area contributed by atoms with Crippen molar-refractivity contribution in [1.29, 1.82) is 0 Å². The summed E-state index contributed by atoms with van der Waals surface area (Å²) in [5.74, 6) is 0.889. The van der Waals surface area contributed by atoms with Gasteiger partial charge in [-0.05, 0) is 17.8 Å². The Bertz CT molecular complexity index is 751. The number of aromatic nitrogens is 7. The van der Waals surface area contributed by atoms with Gasteiger partial charge in [0.25, 0.3) is 5.95 Å². The van der Waals surface area contributed by atoms with Gasteiger partial charge in [-0.2, -0.15) is 20.1 Å². The molecule has 0 fully saturated rings. The van der Waals surface area contributed by atoms with E-state index >= 15 is 0 Å². The summed E-state index contributed by atoms with van der Waals surface area (Å²) in [6, 6.07) is 3.20. The average molecular weight is 302 g/mol. The lowest BCUT2D eigenvalue weighted by molar-refractivity contribution is 0.763. The van der Waals surface area contributed by atoms with Gasteiger partial charge in [-0.3, -0.25) is 0 Å². The Morgan fingerprint density at radius 3 is 2.29 bits per heavy atom. The number of hydrogen-bond donors (Lipinski definition) is 3. The number of anilines is 3. The molecule has 3 heterocycles. The van der Waals surface area contributed by atoms with Gasteiger partial charge in [0.1, 0.15) is 11.6 Å². The molecule has 0 radical (unpaired) electrons. The minimum atomic E-state index is 0.0647. The van der Waals surface area contributed by atoms with Crippen LogP contribution in [-0.2, 0) is 0 Å². The molecule has 10 nitrogen and oxygen atoms in total. The molecule has 0 atom stereocenters. The number of rotatable bonds is 3. The maximum absolute atomic E-state index is 5.67. The van der Waals surface area contributed by atoms with Gasteiger partial charge in [0.05, 0.1) is 0 Å². The largest absolute Gasteiger partial charge is 0.383 e. The van der Waals surface area contributed by atoms with E-state index < -0.39 is 0 Å². The van der Waals surface area contributed by atoms with Crippen molar-refractivity contribution in [1.82, 2.24) is 34.7 Å². The van der Waals surface area contributed by atoms with E-state index in [1.165, 1.54) is 10.7 Å². The maximum atomic E-state index is 5.67. The van der Waals surface area contributed by atoms with Crippen molar-refractivity contribution in [3.05, 3.63) is 24.5 Å². The second-order valence-corrected chi connectivity index (χ2v) is 4.76. The average Bonchev–Trinajstić information content (AvgIpc) is 2.90. The van der Waals surface area contributed by atoms with E-state index in [1.54, 1.807) is 18.5 Å². The third-order valence-electron chi connectivity index (χ3n) is 2.26. The van der Waals surface area contributed by atoms with E-state index in [0.29, 0.717) is 16.3 Å². The van der Waals surface area contributed by atoms with Crippen molar-refractivity contribution in [2.24, 2.45) is 0 Å².